The molecule has 21 heavy (non-hydrogen) atoms. The van der Waals surface area contributed by atoms with Gasteiger partial charge in [-0.3, -0.25) is 4.68 Å². The maximum atomic E-state index is 13.3. The summed E-state index contributed by atoms with van der Waals surface area (Å²) in [5.41, 5.74) is 1.98. The Balaban J connectivity index is 2.19. The van der Waals surface area contributed by atoms with Gasteiger partial charge < -0.3 is 5.32 Å². The van der Waals surface area contributed by atoms with Crippen LogP contribution in [0.5, 0.6) is 0 Å². The number of hydrogen-bond acceptors (Lipinski definition) is 2. The Hall–Kier alpha value is -1.39. The quantitative estimate of drug-likeness (QED) is 0.868. The lowest BCUT2D eigenvalue weighted by Crippen LogP contribution is -2.23. The summed E-state index contributed by atoms with van der Waals surface area (Å²) in [7, 11) is 0. The van der Waals surface area contributed by atoms with Crippen molar-refractivity contribution in [3.63, 3.8) is 0 Å². The van der Waals surface area contributed by atoms with Gasteiger partial charge in [0.05, 0.1) is 10.7 Å². The molecule has 0 bridgehead atoms. The van der Waals surface area contributed by atoms with Gasteiger partial charge in [-0.1, -0.05) is 24.6 Å². The maximum Gasteiger partial charge on any atom is 0.141 e. The van der Waals surface area contributed by atoms with Crippen LogP contribution >= 0.6 is 11.6 Å². The fourth-order valence-corrected chi connectivity index (χ4v) is 2.46. The molecule has 0 aliphatic carbocycles. The van der Waals surface area contributed by atoms with Crippen LogP contribution in [0.3, 0.4) is 0 Å². The fraction of sp³-hybridized carbons (Fsp3) is 0.438. The van der Waals surface area contributed by atoms with Gasteiger partial charge in [-0.25, -0.2) is 4.39 Å². The van der Waals surface area contributed by atoms with E-state index in [0.717, 1.165) is 24.2 Å². The Morgan fingerprint density at radius 2 is 2.10 bits per heavy atom. The Kier molecular flexibility index (Phi) is 5.37. The monoisotopic (exact) mass is 309 g/mol. The average molecular weight is 310 g/mol. The van der Waals surface area contributed by atoms with Crippen LogP contribution < -0.4 is 5.32 Å². The third-order valence-electron chi connectivity index (χ3n) is 3.40. The molecule has 0 aliphatic heterocycles. The van der Waals surface area contributed by atoms with Crippen molar-refractivity contribution >= 4 is 11.6 Å². The van der Waals surface area contributed by atoms with E-state index >= 15 is 0 Å². The molecule has 1 N–H and O–H groups in total. The van der Waals surface area contributed by atoms with Gasteiger partial charge in [0.25, 0.3) is 0 Å². The zero-order valence-corrected chi connectivity index (χ0v) is 13.4. The first-order valence-electron chi connectivity index (χ1n) is 7.23. The Labute approximate surface area is 130 Å². The maximum absolute atomic E-state index is 13.3. The summed E-state index contributed by atoms with van der Waals surface area (Å²) in [5.74, 6) is -0.389. The first kappa shape index (κ1) is 16.0. The topological polar surface area (TPSA) is 29.9 Å². The number of nitrogens with zero attached hydrogens (tertiary/aromatic N) is 2. The Morgan fingerprint density at radius 3 is 2.67 bits per heavy atom. The summed E-state index contributed by atoms with van der Waals surface area (Å²) in [6, 6.07) is 7.31. The molecule has 1 unspecified atom stereocenters. The van der Waals surface area contributed by atoms with Gasteiger partial charge in [0, 0.05) is 24.7 Å². The molecule has 0 aliphatic rings. The van der Waals surface area contributed by atoms with Crippen molar-refractivity contribution in [2.75, 3.05) is 6.54 Å². The molecule has 1 aromatic heterocycles. The number of aromatic nitrogens is 2. The van der Waals surface area contributed by atoms with Crippen molar-refractivity contribution in [1.82, 2.24) is 15.1 Å². The van der Waals surface area contributed by atoms with Crippen LogP contribution in [-0.2, 0) is 6.42 Å². The second-order valence-corrected chi connectivity index (χ2v) is 5.78. The van der Waals surface area contributed by atoms with Crippen LogP contribution in [0.2, 0.25) is 5.02 Å². The van der Waals surface area contributed by atoms with Crippen molar-refractivity contribution in [3.05, 3.63) is 52.6 Å². The zero-order chi connectivity index (χ0) is 15.4. The third-order valence-corrected chi connectivity index (χ3v) is 3.69. The molecule has 2 rings (SSSR count). The highest BCUT2D eigenvalue weighted by molar-refractivity contribution is 6.30. The van der Waals surface area contributed by atoms with E-state index in [1.807, 2.05) is 23.9 Å². The third kappa shape index (κ3) is 4.05. The molecule has 1 heterocycles. The van der Waals surface area contributed by atoms with Crippen LogP contribution in [0.15, 0.2) is 30.5 Å². The number of likely N-dealkylation sites (N-methyl/N-ethyl adjacent to an activating group) is 1. The minimum atomic E-state index is -0.389. The second-order valence-electron chi connectivity index (χ2n) is 5.37. The minimum Gasteiger partial charge on any atom is -0.310 e. The van der Waals surface area contributed by atoms with E-state index in [0.29, 0.717) is 6.04 Å². The summed E-state index contributed by atoms with van der Waals surface area (Å²) in [6.07, 6.45) is 2.73. The molecule has 0 fully saturated rings. The van der Waals surface area contributed by atoms with Crippen molar-refractivity contribution in [3.8, 4) is 0 Å². The van der Waals surface area contributed by atoms with Crippen molar-refractivity contribution in [1.29, 1.82) is 0 Å². The predicted molar refractivity (Wildman–Crippen MR) is 84.1 cm³/mol. The highest BCUT2D eigenvalue weighted by Crippen LogP contribution is 2.23. The van der Waals surface area contributed by atoms with Gasteiger partial charge in [-0.2, -0.15) is 5.10 Å². The number of halogens is 2. The van der Waals surface area contributed by atoms with E-state index in [-0.39, 0.29) is 16.9 Å². The molecule has 0 saturated heterocycles. The molecule has 0 saturated carbocycles. The molecule has 5 heteroatoms. The Bertz CT molecular complexity index is 595. The van der Waals surface area contributed by atoms with Crippen LogP contribution in [0.1, 0.15) is 44.1 Å². The fourth-order valence-electron chi connectivity index (χ4n) is 2.27. The van der Waals surface area contributed by atoms with Gasteiger partial charge in [0.2, 0.25) is 0 Å². The smallest absolute Gasteiger partial charge is 0.141 e. The molecule has 0 spiro atoms. The lowest BCUT2D eigenvalue weighted by Gasteiger charge is -2.18. The first-order chi connectivity index (χ1) is 10.0. The van der Waals surface area contributed by atoms with Crippen LogP contribution in [-0.4, -0.2) is 16.3 Å². The molecular formula is C16H21ClFN3. The SMILES string of the molecule is CCNC(Cc1ccn(C(C)C)n1)c1ccc(F)c(Cl)c1. The molecule has 114 valence electrons. The Morgan fingerprint density at radius 1 is 1.33 bits per heavy atom. The summed E-state index contributed by atoms with van der Waals surface area (Å²) in [5, 5.41) is 8.12. The van der Waals surface area contributed by atoms with Crippen molar-refractivity contribution < 1.29 is 4.39 Å². The number of nitrogens with one attached hydrogen (secondary N) is 1. The minimum absolute atomic E-state index is 0.0728. The number of rotatable bonds is 6. The van der Waals surface area contributed by atoms with Crippen LogP contribution in [0.25, 0.3) is 0 Å². The molecule has 1 atom stereocenters. The van der Waals surface area contributed by atoms with Gasteiger partial charge in [-0.05, 0) is 44.2 Å². The van der Waals surface area contributed by atoms with Crippen LogP contribution in [0.4, 0.5) is 4.39 Å². The van der Waals surface area contributed by atoms with Crippen molar-refractivity contribution in [2.45, 2.75) is 39.3 Å². The summed E-state index contributed by atoms with van der Waals surface area (Å²) < 4.78 is 15.2. The zero-order valence-electron chi connectivity index (χ0n) is 12.6. The van der Waals surface area contributed by atoms with E-state index in [1.54, 1.807) is 12.1 Å². The van der Waals surface area contributed by atoms with Gasteiger partial charge in [0.1, 0.15) is 5.82 Å². The summed E-state index contributed by atoms with van der Waals surface area (Å²) >= 11 is 5.88. The second kappa shape index (κ2) is 7.05. The van der Waals surface area contributed by atoms with E-state index < -0.39 is 0 Å². The molecule has 3 nitrogen and oxygen atoms in total. The van der Waals surface area contributed by atoms with E-state index in [4.69, 9.17) is 11.6 Å². The normalized spacial score (nSPS) is 12.9. The summed E-state index contributed by atoms with van der Waals surface area (Å²) in [6.45, 7) is 7.06. The summed E-state index contributed by atoms with van der Waals surface area (Å²) in [4.78, 5) is 0. The first-order valence-corrected chi connectivity index (χ1v) is 7.61. The lowest BCUT2D eigenvalue weighted by atomic mass is 10.0. The molecule has 2 aromatic rings. The molecule has 1 aromatic carbocycles. The number of benzene rings is 1. The standard InChI is InChI=1S/C16H21ClFN3/c1-4-19-16(12-5-6-15(18)14(17)9-12)10-13-7-8-21(20-13)11(2)3/h5-9,11,16,19H,4,10H2,1-3H3. The number of hydrogen-bond donors (Lipinski definition) is 1. The largest absolute Gasteiger partial charge is 0.310 e. The highest BCUT2D eigenvalue weighted by atomic mass is 35.5. The molecular weight excluding hydrogens is 289 g/mol. The molecule has 0 radical (unpaired) electrons. The van der Waals surface area contributed by atoms with E-state index in [1.165, 1.54) is 6.07 Å². The van der Waals surface area contributed by atoms with E-state index in [2.05, 4.69) is 24.3 Å². The average Bonchev–Trinajstić information content (AvgIpc) is 2.90. The van der Waals surface area contributed by atoms with Gasteiger partial charge in [0.15, 0.2) is 0 Å². The van der Waals surface area contributed by atoms with Gasteiger partial charge in [-0.15, -0.1) is 0 Å². The predicted octanol–water partition coefficient (Wildman–Crippen LogP) is 4.15. The van der Waals surface area contributed by atoms with E-state index in [9.17, 15) is 4.39 Å². The highest BCUT2D eigenvalue weighted by Gasteiger charge is 2.15. The van der Waals surface area contributed by atoms with Gasteiger partial charge >= 0.3 is 0 Å². The lowest BCUT2D eigenvalue weighted by molar-refractivity contribution is 0.506. The molecule has 0 amide bonds. The van der Waals surface area contributed by atoms with Crippen LogP contribution in [0, 0.1) is 5.82 Å². The van der Waals surface area contributed by atoms with Crippen molar-refractivity contribution in [2.24, 2.45) is 0 Å².